The number of likely N-dealkylation sites (tertiary alicyclic amines) is 1. The van der Waals surface area contributed by atoms with Gasteiger partial charge in [0.25, 0.3) is 0 Å². The Morgan fingerprint density at radius 2 is 1.93 bits per heavy atom. The lowest BCUT2D eigenvalue weighted by atomic mass is 10.2. The zero-order chi connectivity index (χ0) is 18.8. The fourth-order valence-electron chi connectivity index (χ4n) is 3.08. The smallest absolute Gasteiger partial charge is 0.322 e. The Hall–Kier alpha value is -2.13. The van der Waals surface area contributed by atoms with E-state index in [0.29, 0.717) is 29.0 Å². The van der Waals surface area contributed by atoms with Gasteiger partial charge >= 0.3 is 6.03 Å². The number of anilines is 1. The molecule has 1 saturated heterocycles. The van der Waals surface area contributed by atoms with Gasteiger partial charge in [-0.05, 0) is 71.8 Å². The first-order valence-electron chi connectivity index (χ1n) is 8.53. The maximum atomic E-state index is 12.7. The van der Waals surface area contributed by atoms with Crippen molar-refractivity contribution in [3.05, 3.63) is 63.0 Å². The Balaban J connectivity index is 1.50. The number of hydrogen-bond acceptors (Lipinski definition) is 4. The number of rotatable bonds is 3. The fraction of sp³-hybridized carbons (Fsp3) is 0.211. The van der Waals surface area contributed by atoms with Crippen LogP contribution >= 0.6 is 34.2 Å². The molecule has 1 fully saturated rings. The molecule has 8 heteroatoms. The van der Waals surface area contributed by atoms with E-state index in [1.807, 2.05) is 24.3 Å². The number of halogens is 2. The molecule has 6 nitrogen and oxygen atoms in total. The minimum Gasteiger partial charge on any atom is -0.337 e. The predicted octanol–water partition coefficient (Wildman–Crippen LogP) is 5.36. The standard InChI is InChI=1S/C19H16ClIN4O2/c20-13-5-9-15(10-6-13)22-19(26)25-11-1-2-16(25)18-23-17(24-27-18)12-3-7-14(21)8-4-12/h3-10,16H,1-2,11H2,(H,22,26)/t16-/m0/s1. The molecule has 4 rings (SSSR count). The van der Waals surface area contributed by atoms with Crippen LogP contribution in [0.4, 0.5) is 10.5 Å². The number of urea groups is 1. The van der Waals surface area contributed by atoms with Crippen molar-refractivity contribution >= 4 is 45.9 Å². The summed E-state index contributed by atoms with van der Waals surface area (Å²) in [4.78, 5) is 18.9. The van der Waals surface area contributed by atoms with Crippen LogP contribution in [0.1, 0.15) is 24.8 Å². The van der Waals surface area contributed by atoms with Gasteiger partial charge in [0.1, 0.15) is 6.04 Å². The number of nitrogens with zero attached hydrogens (tertiary/aromatic N) is 3. The molecule has 2 amide bonds. The van der Waals surface area contributed by atoms with E-state index in [1.54, 1.807) is 29.2 Å². The molecule has 0 unspecified atom stereocenters. The SMILES string of the molecule is O=C(Nc1ccc(Cl)cc1)N1CCC[C@H]1c1nc(-c2ccc(I)cc2)no1. The summed E-state index contributed by atoms with van der Waals surface area (Å²) in [7, 11) is 0. The van der Waals surface area contributed by atoms with Crippen molar-refractivity contribution in [2.45, 2.75) is 18.9 Å². The van der Waals surface area contributed by atoms with Gasteiger partial charge in [-0.2, -0.15) is 4.98 Å². The Morgan fingerprint density at radius 3 is 2.67 bits per heavy atom. The minimum absolute atomic E-state index is 0.186. The van der Waals surface area contributed by atoms with E-state index in [-0.39, 0.29) is 12.1 Å². The van der Waals surface area contributed by atoms with E-state index in [4.69, 9.17) is 16.1 Å². The lowest BCUT2D eigenvalue weighted by molar-refractivity contribution is 0.193. The van der Waals surface area contributed by atoms with Crippen molar-refractivity contribution in [2.24, 2.45) is 0 Å². The number of amides is 2. The van der Waals surface area contributed by atoms with E-state index >= 15 is 0 Å². The third-order valence-corrected chi connectivity index (χ3v) is 5.41. The summed E-state index contributed by atoms with van der Waals surface area (Å²) in [5.41, 5.74) is 1.58. The highest BCUT2D eigenvalue weighted by atomic mass is 127. The van der Waals surface area contributed by atoms with Crippen LogP contribution in [0.3, 0.4) is 0 Å². The number of benzene rings is 2. The number of carbonyl (C=O) groups is 1. The Morgan fingerprint density at radius 1 is 1.19 bits per heavy atom. The Bertz CT molecular complexity index is 943. The molecule has 0 spiro atoms. The van der Waals surface area contributed by atoms with Crippen LogP contribution in [0.2, 0.25) is 5.02 Å². The maximum Gasteiger partial charge on any atom is 0.322 e. The molecule has 0 radical (unpaired) electrons. The number of aromatic nitrogens is 2. The summed E-state index contributed by atoms with van der Waals surface area (Å²) in [6.45, 7) is 0.644. The largest absolute Gasteiger partial charge is 0.337 e. The monoisotopic (exact) mass is 494 g/mol. The molecule has 0 bridgehead atoms. The first kappa shape index (κ1) is 18.2. The minimum atomic E-state index is -0.220. The molecular formula is C19H16ClIN4O2. The summed E-state index contributed by atoms with van der Waals surface area (Å²) >= 11 is 8.14. The lowest BCUT2D eigenvalue weighted by Gasteiger charge is -2.22. The molecule has 1 atom stereocenters. The van der Waals surface area contributed by atoms with Crippen LogP contribution in [0.15, 0.2) is 53.1 Å². The van der Waals surface area contributed by atoms with Gasteiger partial charge in [0, 0.05) is 26.4 Å². The van der Waals surface area contributed by atoms with Crippen molar-refractivity contribution < 1.29 is 9.32 Å². The molecule has 1 aliphatic heterocycles. The van der Waals surface area contributed by atoms with Gasteiger partial charge in [-0.25, -0.2) is 4.79 Å². The van der Waals surface area contributed by atoms with Gasteiger partial charge in [0.15, 0.2) is 0 Å². The molecule has 2 heterocycles. The lowest BCUT2D eigenvalue weighted by Crippen LogP contribution is -2.34. The quantitative estimate of drug-likeness (QED) is 0.497. The van der Waals surface area contributed by atoms with Crippen LogP contribution in [-0.2, 0) is 0 Å². The molecule has 27 heavy (non-hydrogen) atoms. The van der Waals surface area contributed by atoms with Crippen LogP contribution in [0, 0.1) is 3.57 Å². The Labute approximate surface area is 175 Å². The van der Waals surface area contributed by atoms with Crippen LogP contribution in [0.25, 0.3) is 11.4 Å². The summed E-state index contributed by atoms with van der Waals surface area (Å²) in [6.07, 6.45) is 1.68. The van der Waals surface area contributed by atoms with E-state index in [1.165, 1.54) is 0 Å². The third-order valence-electron chi connectivity index (χ3n) is 4.44. The number of hydrogen-bond donors (Lipinski definition) is 1. The van der Waals surface area contributed by atoms with E-state index in [0.717, 1.165) is 22.0 Å². The summed E-state index contributed by atoms with van der Waals surface area (Å²) in [6, 6.07) is 14.5. The predicted molar refractivity (Wildman–Crippen MR) is 112 cm³/mol. The first-order chi connectivity index (χ1) is 13.1. The molecule has 1 aliphatic rings. The van der Waals surface area contributed by atoms with Crippen LogP contribution in [0.5, 0.6) is 0 Å². The van der Waals surface area contributed by atoms with Crippen molar-refractivity contribution in [3.63, 3.8) is 0 Å². The van der Waals surface area contributed by atoms with Crippen molar-refractivity contribution in [2.75, 3.05) is 11.9 Å². The summed E-state index contributed by atoms with van der Waals surface area (Å²) in [5.74, 6) is 0.999. The van der Waals surface area contributed by atoms with Gasteiger partial charge in [-0.15, -0.1) is 0 Å². The van der Waals surface area contributed by atoms with E-state index in [9.17, 15) is 4.79 Å². The van der Waals surface area contributed by atoms with Gasteiger partial charge < -0.3 is 14.7 Å². The molecule has 0 saturated carbocycles. The van der Waals surface area contributed by atoms with Crippen molar-refractivity contribution in [3.8, 4) is 11.4 Å². The van der Waals surface area contributed by atoms with Gasteiger partial charge in [-0.3, -0.25) is 0 Å². The number of nitrogens with one attached hydrogen (secondary N) is 1. The number of carbonyl (C=O) groups excluding carboxylic acids is 1. The molecule has 3 aromatic rings. The highest BCUT2D eigenvalue weighted by molar-refractivity contribution is 14.1. The Kier molecular flexibility index (Phi) is 5.31. The highest BCUT2D eigenvalue weighted by Crippen LogP contribution is 2.32. The average molecular weight is 495 g/mol. The third kappa shape index (κ3) is 4.08. The average Bonchev–Trinajstić information content (AvgIpc) is 3.33. The summed E-state index contributed by atoms with van der Waals surface area (Å²) in [5, 5.41) is 7.61. The van der Waals surface area contributed by atoms with Crippen molar-refractivity contribution in [1.82, 2.24) is 15.0 Å². The fourth-order valence-corrected chi connectivity index (χ4v) is 3.57. The normalized spacial score (nSPS) is 16.5. The van der Waals surface area contributed by atoms with E-state index in [2.05, 4.69) is 38.0 Å². The van der Waals surface area contributed by atoms with E-state index < -0.39 is 0 Å². The maximum absolute atomic E-state index is 12.7. The van der Waals surface area contributed by atoms with Gasteiger partial charge in [-0.1, -0.05) is 28.9 Å². The van der Waals surface area contributed by atoms with Crippen LogP contribution < -0.4 is 5.32 Å². The topological polar surface area (TPSA) is 71.3 Å². The van der Waals surface area contributed by atoms with Gasteiger partial charge in [0.05, 0.1) is 0 Å². The second kappa shape index (κ2) is 7.85. The second-order valence-electron chi connectivity index (χ2n) is 6.25. The molecule has 2 aromatic carbocycles. The first-order valence-corrected chi connectivity index (χ1v) is 9.98. The van der Waals surface area contributed by atoms with Crippen LogP contribution in [-0.4, -0.2) is 27.6 Å². The second-order valence-corrected chi connectivity index (χ2v) is 7.93. The molecule has 1 N–H and O–H groups in total. The highest BCUT2D eigenvalue weighted by Gasteiger charge is 2.34. The summed E-state index contributed by atoms with van der Waals surface area (Å²) < 4.78 is 6.62. The zero-order valence-electron chi connectivity index (χ0n) is 14.2. The zero-order valence-corrected chi connectivity index (χ0v) is 17.1. The molecule has 1 aromatic heterocycles. The molecule has 0 aliphatic carbocycles. The molecule has 138 valence electrons. The van der Waals surface area contributed by atoms with Crippen molar-refractivity contribution in [1.29, 1.82) is 0 Å². The van der Waals surface area contributed by atoms with Gasteiger partial charge in [0.2, 0.25) is 11.7 Å². The molecular weight excluding hydrogens is 479 g/mol.